The van der Waals surface area contributed by atoms with Crippen molar-refractivity contribution in [3.8, 4) is 11.1 Å². The zero-order valence-corrected chi connectivity index (χ0v) is 42.1. The van der Waals surface area contributed by atoms with Gasteiger partial charge in [0, 0.05) is 79.9 Å². The van der Waals surface area contributed by atoms with Crippen LogP contribution in [-0.4, -0.2) is 158 Å². The third kappa shape index (κ3) is 20.3. The van der Waals surface area contributed by atoms with E-state index in [1.165, 1.54) is 11.8 Å². The molecule has 18 nitrogen and oxygen atoms in total. The number of halogens is 2. The number of nitrogens with zero attached hydrogens (tertiary/aromatic N) is 3. The number of hydrogen-bond donors (Lipinski definition) is 4. The molecule has 0 fully saturated rings. The Balaban J connectivity index is 1.25. The van der Waals surface area contributed by atoms with Crippen molar-refractivity contribution in [2.45, 2.75) is 59.0 Å². The lowest BCUT2D eigenvalue weighted by Crippen LogP contribution is -2.44. The van der Waals surface area contributed by atoms with Crippen molar-refractivity contribution in [3.05, 3.63) is 95.8 Å². The van der Waals surface area contributed by atoms with E-state index in [2.05, 4.69) is 10.6 Å². The van der Waals surface area contributed by atoms with Crippen LogP contribution in [0.15, 0.2) is 72.9 Å². The van der Waals surface area contributed by atoms with E-state index in [0.717, 1.165) is 40.8 Å². The van der Waals surface area contributed by atoms with Crippen molar-refractivity contribution in [1.29, 1.82) is 0 Å². The second kappa shape index (κ2) is 30.9. The SMILES string of the molecule is CC(C)(C)[C@H](c1cc(-c2cc(F)ccc2F)cn1Cc1ccccc1)N(CCCN)C(=O)CSC[C@H](CC(=O)CCC(=O)O)C(=O)NCCOCCOCCOCCOCCNC(=O)CN1C(=O)C=CC1=O. The van der Waals surface area contributed by atoms with Crippen molar-refractivity contribution in [3.63, 3.8) is 0 Å². The van der Waals surface area contributed by atoms with Crippen LogP contribution in [-0.2, 0) is 59.1 Å². The first-order chi connectivity index (χ1) is 34.5. The maximum Gasteiger partial charge on any atom is 0.303 e. The summed E-state index contributed by atoms with van der Waals surface area (Å²) < 4.78 is 53.6. The number of nitrogens with one attached hydrogen (secondary N) is 2. The summed E-state index contributed by atoms with van der Waals surface area (Å²) in [5.74, 6) is -5.80. The molecule has 0 saturated heterocycles. The summed E-state index contributed by atoms with van der Waals surface area (Å²) in [7, 11) is 0. The normalized spacial score (nSPS) is 13.3. The van der Waals surface area contributed by atoms with Crippen molar-refractivity contribution in [2.24, 2.45) is 17.1 Å². The van der Waals surface area contributed by atoms with Gasteiger partial charge in [-0.15, -0.1) is 0 Å². The molecule has 0 unspecified atom stereocenters. The molecule has 3 aromatic rings. The van der Waals surface area contributed by atoms with E-state index >= 15 is 4.39 Å². The highest BCUT2D eigenvalue weighted by atomic mass is 32.2. The lowest BCUT2D eigenvalue weighted by molar-refractivity contribution is -0.141. The fourth-order valence-electron chi connectivity index (χ4n) is 7.69. The summed E-state index contributed by atoms with van der Waals surface area (Å²) >= 11 is 1.18. The molecule has 0 radical (unpaired) electrons. The number of benzene rings is 2. The number of carboxylic acids is 1. The summed E-state index contributed by atoms with van der Waals surface area (Å²) in [6.07, 6.45) is 3.62. The van der Waals surface area contributed by atoms with Crippen LogP contribution in [0.2, 0.25) is 0 Å². The van der Waals surface area contributed by atoms with E-state index in [4.69, 9.17) is 29.8 Å². The average molecular weight is 1030 g/mol. The van der Waals surface area contributed by atoms with Gasteiger partial charge >= 0.3 is 5.97 Å². The van der Waals surface area contributed by atoms with E-state index in [1.54, 1.807) is 17.2 Å². The quantitative estimate of drug-likeness (QED) is 0.0479. The molecule has 21 heteroatoms. The molecule has 72 heavy (non-hydrogen) atoms. The number of carbonyl (C=O) groups is 7. The molecular formula is C51H68F2N6O12S. The monoisotopic (exact) mass is 1030 g/mol. The fraction of sp³-hybridized carbons (Fsp3) is 0.510. The number of aromatic nitrogens is 1. The molecule has 1 aromatic heterocycles. The first-order valence-electron chi connectivity index (χ1n) is 23.9. The van der Waals surface area contributed by atoms with E-state index in [9.17, 15) is 38.0 Å². The van der Waals surface area contributed by atoms with Gasteiger partial charge in [-0.2, -0.15) is 11.8 Å². The Bertz CT molecular complexity index is 2270. The van der Waals surface area contributed by atoms with E-state index in [1.807, 2.05) is 55.7 Å². The van der Waals surface area contributed by atoms with Gasteiger partial charge in [0.25, 0.3) is 11.8 Å². The lowest BCUT2D eigenvalue weighted by atomic mass is 9.83. The zero-order chi connectivity index (χ0) is 52.5. The Hall–Kier alpha value is -5.84. The number of thioether (sulfide) groups is 1. The Labute approximate surface area is 423 Å². The molecule has 0 spiro atoms. The van der Waals surface area contributed by atoms with Gasteiger partial charge in [0.2, 0.25) is 17.7 Å². The molecule has 5 N–H and O–H groups in total. The van der Waals surface area contributed by atoms with Crippen LogP contribution in [0.25, 0.3) is 11.1 Å². The fourth-order valence-corrected chi connectivity index (χ4v) is 8.71. The van der Waals surface area contributed by atoms with Gasteiger partial charge in [-0.05, 0) is 48.2 Å². The number of rotatable bonds is 35. The van der Waals surface area contributed by atoms with Crippen LogP contribution in [0.5, 0.6) is 0 Å². The molecule has 2 heterocycles. The molecule has 2 atom stereocenters. The number of aliphatic carboxylic acids is 1. The third-order valence-electron chi connectivity index (χ3n) is 11.1. The van der Waals surface area contributed by atoms with E-state index in [-0.39, 0.29) is 108 Å². The van der Waals surface area contributed by atoms with Crippen molar-refractivity contribution >= 4 is 53.1 Å². The number of imide groups is 1. The van der Waals surface area contributed by atoms with Crippen molar-refractivity contribution in [1.82, 2.24) is 25.0 Å². The summed E-state index contributed by atoms with van der Waals surface area (Å²) in [6, 6.07) is 14.2. The molecule has 1 aliphatic heterocycles. The number of ketones is 1. The Morgan fingerprint density at radius 3 is 2.03 bits per heavy atom. The average Bonchev–Trinajstić information content (AvgIpc) is 3.89. The van der Waals surface area contributed by atoms with Crippen LogP contribution >= 0.6 is 11.8 Å². The minimum absolute atomic E-state index is 0.0630. The minimum atomic E-state index is -1.14. The number of ether oxygens (including phenoxy) is 4. The van der Waals surface area contributed by atoms with E-state index < -0.39 is 64.4 Å². The molecule has 2 aromatic carbocycles. The molecular weight excluding hydrogens is 959 g/mol. The number of nitrogens with two attached hydrogens (primary N) is 1. The Morgan fingerprint density at radius 2 is 1.43 bits per heavy atom. The largest absolute Gasteiger partial charge is 0.481 e. The topological polar surface area (TPSA) is 238 Å². The first-order valence-corrected chi connectivity index (χ1v) is 25.0. The summed E-state index contributed by atoms with van der Waals surface area (Å²) in [4.78, 5) is 89.6. The molecule has 0 aliphatic carbocycles. The third-order valence-corrected chi connectivity index (χ3v) is 12.2. The van der Waals surface area contributed by atoms with E-state index in [0.29, 0.717) is 44.0 Å². The van der Waals surface area contributed by atoms with Crippen LogP contribution in [0.1, 0.15) is 63.8 Å². The van der Waals surface area contributed by atoms with Gasteiger partial charge in [0.1, 0.15) is 24.0 Å². The van der Waals surface area contributed by atoms with Crippen LogP contribution in [0, 0.1) is 23.0 Å². The highest BCUT2D eigenvalue weighted by Crippen LogP contribution is 2.41. The van der Waals surface area contributed by atoms with Gasteiger partial charge < -0.3 is 49.9 Å². The maximum atomic E-state index is 15.2. The smallest absolute Gasteiger partial charge is 0.303 e. The number of carboxylic acid groups (broad SMARTS) is 1. The van der Waals surface area contributed by atoms with Crippen LogP contribution < -0.4 is 16.4 Å². The van der Waals surface area contributed by atoms with Gasteiger partial charge in [-0.25, -0.2) is 8.78 Å². The summed E-state index contributed by atoms with van der Waals surface area (Å²) in [5, 5.41) is 14.5. The van der Waals surface area contributed by atoms with Gasteiger partial charge in [-0.1, -0.05) is 51.1 Å². The molecule has 4 rings (SSSR count). The summed E-state index contributed by atoms with van der Waals surface area (Å²) in [6.45, 7) is 8.91. The summed E-state index contributed by atoms with van der Waals surface area (Å²) in [5.41, 5.74) is 7.60. The molecule has 0 saturated carbocycles. The minimum Gasteiger partial charge on any atom is -0.481 e. The van der Waals surface area contributed by atoms with Crippen LogP contribution in [0.4, 0.5) is 8.78 Å². The number of Topliss-reactive ketones (excluding diaryl/α,β-unsaturated/α-hetero) is 1. The molecule has 5 amide bonds. The van der Waals surface area contributed by atoms with Crippen molar-refractivity contribution in [2.75, 3.05) is 97.1 Å². The second-order valence-corrected chi connectivity index (χ2v) is 19.0. The van der Waals surface area contributed by atoms with Crippen LogP contribution in [0.3, 0.4) is 0 Å². The number of hydrogen-bond acceptors (Lipinski definition) is 13. The zero-order valence-electron chi connectivity index (χ0n) is 41.2. The van der Waals surface area contributed by atoms with Gasteiger partial charge in [0.15, 0.2) is 0 Å². The molecule has 1 aliphatic rings. The predicted octanol–water partition coefficient (Wildman–Crippen LogP) is 4.14. The lowest BCUT2D eigenvalue weighted by Gasteiger charge is -2.41. The Kier molecular flexibility index (Phi) is 25.2. The maximum absolute atomic E-state index is 15.2. The predicted molar refractivity (Wildman–Crippen MR) is 265 cm³/mol. The first kappa shape index (κ1) is 58.7. The van der Waals surface area contributed by atoms with Crippen molar-refractivity contribution < 1.29 is 66.4 Å². The second-order valence-electron chi connectivity index (χ2n) is 17.9. The standard InChI is InChI=1S/C51H68F2N6O12S/c1-51(2,3)49(43-29-37(41-30-39(52)10-12-42(41)53)32-57(43)31-36-8-5-4-6-9-36)58(19-7-16-54)47(64)35-72-34-38(28-40(60)11-15-48(65)66)50(67)56-18-21-69-23-25-71-27-26-70-24-22-68-20-17-55-44(61)33-59-45(62)13-14-46(59)63/h4-6,8-10,12-14,29-30,32,38,49H,7,11,15-28,31,33-35,54H2,1-3H3,(H,55,61)(H,56,67)(H,65,66)/t38-,49-/m0/s1. The number of carbonyl (C=O) groups excluding carboxylic acids is 6. The Morgan fingerprint density at radius 1 is 0.819 bits per heavy atom. The highest BCUT2D eigenvalue weighted by molar-refractivity contribution is 7.99. The van der Waals surface area contributed by atoms with Gasteiger partial charge in [0.05, 0.1) is 77.0 Å². The molecule has 0 bridgehead atoms. The van der Waals surface area contributed by atoms with Gasteiger partial charge in [-0.3, -0.25) is 38.5 Å². The molecule has 394 valence electrons. The highest BCUT2D eigenvalue weighted by Gasteiger charge is 2.37. The number of amides is 5.